The van der Waals surface area contributed by atoms with E-state index in [9.17, 15) is 9.18 Å². The molecule has 0 spiro atoms. The fourth-order valence-electron chi connectivity index (χ4n) is 3.51. The number of thioether (sulfide) groups is 1. The summed E-state index contributed by atoms with van der Waals surface area (Å²) in [5.41, 5.74) is 2.21. The fraction of sp³-hybridized carbons (Fsp3) is 0.300. The Morgan fingerprint density at radius 3 is 3.00 bits per heavy atom. The molecule has 5 rings (SSSR count). The third-order valence-corrected chi connectivity index (χ3v) is 7.08. The quantitative estimate of drug-likeness (QED) is 0.376. The van der Waals surface area contributed by atoms with Gasteiger partial charge in [0.1, 0.15) is 10.6 Å². The van der Waals surface area contributed by atoms with Crippen molar-refractivity contribution in [1.82, 2.24) is 20.1 Å². The van der Waals surface area contributed by atoms with E-state index in [1.165, 1.54) is 34.7 Å². The van der Waals surface area contributed by atoms with Gasteiger partial charge in [-0.05, 0) is 49.8 Å². The Bertz CT molecular complexity index is 1280. The van der Waals surface area contributed by atoms with Gasteiger partial charge in [0, 0.05) is 10.4 Å². The molecule has 0 saturated carbocycles. The molecule has 0 fully saturated rings. The molecule has 6 nitrogen and oxygen atoms in total. The van der Waals surface area contributed by atoms with Gasteiger partial charge in [0.25, 0.3) is 5.56 Å². The maximum absolute atomic E-state index is 13.8. The predicted molar refractivity (Wildman–Crippen MR) is 111 cm³/mol. The van der Waals surface area contributed by atoms with Gasteiger partial charge in [0.2, 0.25) is 11.7 Å². The lowest BCUT2D eigenvalue weighted by Crippen LogP contribution is -2.10. The minimum absolute atomic E-state index is 0.0850. The Hall–Kier alpha value is -2.52. The van der Waals surface area contributed by atoms with E-state index in [4.69, 9.17) is 4.52 Å². The number of fused-ring (bicyclic) bond motifs is 3. The topological polar surface area (TPSA) is 84.7 Å². The smallest absolute Gasteiger partial charge is 0.260 e. The second-order valence-electron chi connectivity index (χ2n) is 7.03. The van der Waals surface area contributed by atoms with E-state index in [0.717, 1.165) is 29.5 Å². The molecule has 0 unspecified atom stereocenters. The molecule has 0 radical (unpaired) electrons. The van der Waals surface area contributed by atoms with Gasteiger partial charge in [0.05, 0.1) is 11.1 Å². The lowest BCUT2D eigenvalue weighted by molar-refractivity contribution is 0.391. The normalized spacial score (nSPS) is 13.7. The molecule has 1 aromatic carbocycles. The first-order chi connectivity index (χ1) is 14.1. The number of nitrogens with one attached hydrogen (secondary N) is 1. The third kappa shape index (κ3) is 3.49. The Balaban J connectivity index is 1.36. The number of benzene rings is 1. The number of H-pyrrole nitrogens is 1. The van der Waals surface area contributed by atoms with Gasteiger partial charge in [0.15, 0.2) is 5.16 Å². The summed E-state index contributed by atoms with van der Waals surface area (Å²) in [6.07, 6.45) is 4.28. The maximum Gasteiger partial charge on any atom is 0.260 e. The van der Waals surface area contributed by atoms with Crippen LogP contribution in [0.25, 0.3) is 21.6 Å². The number of halogens is 1. The van der Waals surface area contributed by atoms with Crippen LogP contribution < -0.4 is 5.56 Å². The lowest BCUT2D eigenvalue weighted by atomic mass is 9.97. The van der Waals surface area contributed by atoms with Crippen LogP contribution >= 0.6 is 23.1 Å². The molecular weight excluding hydrogens is 411 g/mol. The number of thiophene rings is 1. The molecule has 1 N–H and O–H groups in total. The number of hydrogen-bond donors (Lipinski definition) is 1. The first-order valence-electron chi connectivity index (χ1n) is 9.35. The van der Waals surface area contributed by atoms with Crippen LogP contribution in [-0.2, 0) is 18.6 Å². The van der Waals surface area contributed by atoms with Crippen LogP contribution in [0.1, 0.15) is 34.7 Å². The molecule has 3 aromatic heterocycles. The van der Waals surface area contributed by atoms with E-state index in [2.05, 4.69) is 20.1 Å². The van der Waals surface area contributed by atoms with Gasteiger partial charge in [-0.15, -0.1) is 11.3 Å². The van der Waals surface area contributed by atoms with Gasteiger partial charge < -0.3 is 9.51 Å². The van der Waals surface area contributed by atoms with Crippen LogP contribution in [0.4, 0.5) is 4.39 Å². The molecule has 0 bridgehead atoms. The minimum Gasteiger partial charge on any atom is -0.338 e. The van der Waals surface area contributed by atoms with Crippen molar-refractivity contribution < 1.29 is 8.91 Å². The highest BCUT2D eigenvalue weighted by atomic mass is 32.2. The minimum atomic E-state index is -0.308. The van der Waals surface area contributed by atoms with E-state index in [-0.39, 0.29) is 11.4 Å². The van der Waals surface area contributed by atoms with Gasteiger partial charge >= 0.3 is 0 Å². The van der Waals surface area contributed by atoms with Crippen molar-refractivity contribution in [2.75, 3.05) is 0 Å². The van der Waals surface area contributed by atoms with Crippen molar-refractivity contribution in [3.8, 4) is 11.4 Å². The first-order valence-corrected chi connectivity index (χ1v) is 11.1. The van der Waals surface area contributed by atoms with E-state index in [1.54, 1.807) is 30.4 Å². The predicted octanol–water partition coefficient (Wildman–Crippen LogP) is 4.65. The molecule has 0 saturated heterocycles. The van der Waals surface area contributed by atoms with Gasteiger partial charge in [-0.25, -0.2) is 9.37 Å². The van der Waals surface area contributed by atoms with Crippen LogP contribution in [0.15, 0.2) is 32.7 Å². The van der Waals surface area contributed by atoms with Crippen LogP contribution in [0.3, 0.4) is 0 Å². The van der Waals surface area contributed by atoms with Crippen molar-refractivity contribution in [3.05, 3.63) is 56.3 Å². The molecule has 1 aliphatic carbocycles. The fourth-order valence-corrected chi connectivity index (χ4v) is 5.52. The highest BCUT2D eigenvalue weighted by Gasteiger charge is 2.20. The van der Waals surface area contributed by atoms with E-state index >= 15 is 0 Å². The summed E-state index contributed by atoms with van der Waals surface area (Å²) in [4.78, 5) is 26.5. The van der Waals surface area contributed by atoms with Crippen LogP contribution in [-0.4, -0.2) is 20.1 Å². The van der Waals surface area contributed by atoms with Crippen molar-refractivity contribution in [2.45, 2.75) is 43.5 Å². The van der Waals surface area contributed by atoms with E-state index in [0.29, 0.717) is 33.8 Å². The molecule has 29 heavy (non-hydrogen) atoms. The van der Waals surface area contributed by atoms with Crippen molar-refractivity contribution in [2.24, 2.45) is 0 Å². The van der Waals surface area contributed by atoms with E-state index < -0.39 is 0 Å². The zero-order chi connectivity index (χ0) is 20.0. The molecule has 9 heteroatoms. The molecule has 0 aliphatic heterocycles. The number of aryl methyl sites for hydroxylation is 3. The first kappa shape index (κ1) is 18.5. The summed E-state index contributed by atoms with van der Waals surface area (Å²) < 4.78 is 19.0. The van der Waals surface area contributed by atoms with E-state index in [1.807, 2.05) is 0 Å². The molecule has 4 aromatic rings. The molecule has 0 amide bonds. The number of aromatic amines is 1. The van der Waals surface area contributed by atoms with Crippen molar-refractivity contribution >= 4 is 33.3 Å². The summed E-state index contributed by atoms with van der Waals surface area (Å²) in [7, 11) is 0. The Labute approximate surface area is 173 Å². The standard InChI is InChI=1S/C20H17FN4O2S2/c1-10-6-7-11(8-13(10)21)17-22-15(27-25-17)9-28-20-23-18(26)16-12-4-2-3-5-14(12)29-19(16)24-20/h6-8H,2-5,9H2,1H3,(H,23,24,26). The zero-order valence-electron chi connectivity index (χ0n) is 15.6. The average molecular weight is 429 g/mol. The second kappa shape index (κ2) is 7.38. The summed E-state index contributed by atoms with van der Waals surface area (Å²) in [5.74, 6) is 0.777. The average Bonchev–Trinajstić information content (AvgIpc) is 3.33. The van der Waals surface area contributed by atoms with Crippen molar-refractivity contribution in [3.63, 3.8) is 0 Å². The summed E-state index contributed by atoms with van der Waals surface area (Å²) in [6.45, 7) is 1.70. The maximum atomic E-state index is 13.8. The van der Waals surface area contributed by atoms with Crippen LogP contribution in [0.2, 0.25) is 0 Å². The monoisotopic (exact) mass is 428 g/mol. The number of rotatable bonds is 4. The second-order valence-corrected chi connectivity index (χ2v) is 9.07. The highest BCUT2D eigenvalue weighted by molar-refractivity contribution is 7.98. The largest absolute Gasteiger partial charge is 0.338 e. The summed E-state index contributed by atoms with van der Waals surface area (Å²) >= 11 is 2.95. The Morgan fingerprint density at radius 1 is 1.28 bits per heavy atom. The molecule has 1 aliphatic rings. The van der Waals surface area contributed by atoms with Gasteiger partial charge in [-0.2, -0.15) is 4.98 Å². The molecule has 3 heterocycles. The van der Waals surface area contributed by atoms with Crippen molar-refractivity contribution in [1.29, 1.82) is 0 Å². The number of aromatic nitrogens is 4. The van der Waals surface area contributed by atoms with Crippen LogP contribution in [0, 0.1) is 12.7 Å². The Kier molecular flexibility index (Phi) is 4.71. The summed E-state index contributed by atoms with van der Waals surface area (Å²) in [5, 5.41) is 5.20. The third-order valence-electron chi connectivity index (χ3n) is 5.03. The van der Waals surface area contributed by atoms with Gasteiger partial charge in [-0.3, -0.25) is 4.79 Å². The lowest BCUT2D eigenvalue weighted by Gasteiger charge is -2.09. The molecule has 0 atom stereocenters. The van der Waals surface area contributed by atoms with Crippen LogP contribution in [0.5, 0.6) is 0 Å². The SMILES string of the molecule is Cc1ccc(-c2noc(CSc3nc4sc5c(c4c(=O)[nH]3)CCCC5)n2)cc1F. The van der Waals surface area contributed by atoms with Gasteiger partial charge in [-0.1, -0.05) is 29.1 Å². The highest BCUT2D eigenvalue weighted by Crippen LogP contribution is 2.34. The molecule has 148 valence electrons. The molecular formula is C20H17FN4O2S2. The number of hydrogen-bond acceptors (Lipinski definition) is 7. The summed E-state index contributed by atoms with van der Waals surface area (Å²) in [6, 6.07) is 4.83. The zero-order valence-corrected chi connectivity index (χ0v) is 17.3. The number of nitrogens with zero attached hydrogens (tertiary/aromatic N) is 3. The Morgan fingerprint density at radius 2 is 2.14 bits per heavy atom.